The van der Waals surface area contributed by atoms with E-state index in [1.54, 1.807) is 0 Å². The molecule has 0 unspecified atom stereocenters. The van der Waals surface area contributed by atoms with Crippen molar-refractivity contribution in [1.82, 2.24) is 4.98 Å². The van der Waals surface area contributed by atoms with Crippen LogP contribution >= 0.6 is 0 Å². The van der Waals surface area contributed by atoms with Gasteiger partial charge in [0.2, 0.25) is 0 Å². The first-order chi connectivity index (χ1) is 18.1. The molecule has 4 aromatic rings. The fourth-order valence-corrected chi connectivity index (χ4v) is 4.10. The molecule has 0 spiro atoms. The number of hydrogen-bond donors (Lipinski definition) is 1. The van der Waals surface area contributed by atoms with Crippen LogP contribution in [0.2, 0.25) is 0 Å². The normalized spacial score (nSPS) is 12.3. The summed E-state index contributed by atoms with van der Waals surface area (Å²) in [5, 5.41) is 14.5. The quantitative estimate of drug-likeness (QED) is 0.0991. The Labute approximate surface area is 254 Å². The Hall–Kier alpha value is -2.81. The summed E-state index contributed by atoms with van der Waals surface area (Å²) >= 11 is 0. The molecule has 0 fully saturated rings. The van der Waals surface area contributed by atoms with Gasteiger partial charge >= 0.3 is 0 Å². The number of carbonyl (C=O) groups is 1. The van der Waals surface area contributed by atoms with Crippen molar-refractivity contribution >= 4 is 27.3 Å². The molecule has 1 heterocycles. The van der Waals surface area contributed by atoms with Gasteiger partial charge in [0.05, 0.1) is 0 Å². The number of nitrogens with zero attached hydrogens (tertiary/aromatic N) is 1. The van der Waals surface area contributed by atoms with Gasteiger partial charge in [-0.3, -0.25) is 4.79 Å². The molecule has 4 heteroatoms. The van der Waals surface area contributed by atoms with Gasteiger partial charge in [0.1, 0.15) is 5.76 Å². The Morgan fingerprint density at radius 3 is 2.05 bits per heavy atom. The summed E-state index contributed by atoms with van der Waals surface area (Å²) in [6.07, 6.45) is 3.26. The molecule has 3 nitrogen and oxygen atoms in total. The van der Waals surface area contributed by atoms with E-state index in [1.807, 2.05) is 47.7 Å². The number of pyridine rings is 1. The smallest absolute Gasteiger partial charge is 0.164 e. The first-order valence-corrected chi connectivity index (χ1v) is 13.9. The monoisotopic (exact) mass is 715 g/mol. The van der Waals surface area contributed by atoms with Gasteiger partial charge in [0.25, 0.3) is 0 Å². The number of aliphatic hydroxyl groups excluding tert-OH is 1. The largest absolute Gasteiger partial charge is 0.512 e. The Balaban J connectivity index is 0.000000344. The van der Waals surface area contributed by atoms with E-state index >= 15 is 0 Å². The van der Waals surface area contributed by atoms with E-state index in [9.17, 15) is 9.90 Å². The zero-order valence-corrected chi connectivity index (χ0v) is 28.0. The molecule has 215 valence electrons. The number of aliphatic hydroxyl groups is 1. The average Bonchev–Trinajstić information content (AvgIpc) is 2.87. The summed E-state index contributed by atoms with van der Waals surface area (Å²) < 4.78 is 0. The Kier molecular flexibility index (Phi) is 11.0. The maximum Gasteiger partial charge on any atom is 0.164 e. The molecule has 0 aliphatic carbocycles. The van der Waals surface area contributed by atoms with E-state index in [-0.39, 0.29) is 37.1 Å². The number of ketones is 1. The van der Waals surface area contributed by atoms with Crippen LogP contribution in [-0.2, 0) is 24.9 Å². The van der Waals surface area contributed by atoms with Crippen molar-refractivity contribution in [2.45, 2.75) is 81.1 Å². The molecular weight excluding hydrogens is 671 g/mol. The van der Waals surface area contributed by atoms with Crippen molar-refractivity contribution in [3.63, 3.8) is 0 Å². The minimum absolute atomic E-state index is 0. The van der Waals surface area contributed by atoms with Crippen molar-refractivity contribution in [3.05, 3.63) is 89.8 Å². The van der Waals surface area contributed by atoms with E-state index in [1.165, 1.54) is 38.7 Å². The van der Waals surface area contributed by atoms with Crippen LogP contribution in [-0.4, -0.2) is 15.9 Å². The summed E-state index contributed by atoms with van der Waals surface area (Å²) in [6.45, 7) is 20.1. The van der Waals surface area contributed by atoms with Crippen molar-refractivity contribution in [2.75, 3.05) is 0 Å². The molecule has 0 atom stereocenters. The minimum atomic E-state index is -0.417. The standard InChI is InChI=1S/C25H24N.C11H20O2.Ir/c1-16(2)19-13-20(17(3)4)15-21(14-19)25-24-10-9-18-7-5-6-8-22(18)23(24)11-12-26-25;1-10(2,3)8(12)7-9(13)11(4,5)6;/h5-14,16-17H,1-4H3;7,12H,1-6H3;/q-1;;/b;8-7-;. The maximum atomic E-state index is 11.5. The summed E-state index contributed by atoms with van der Waals surface area (Å²) in [5.74, 6) is 1.03. The average molecular weight is 715 g/mol. The van der Waals surface area contributed by atoms with Gasteiger partial charge in [0.15, 0.2) is 5.78 Å². The number of benzene rings is 3. The van der Waals surface area contributed by atoms with Crippen molar-refractivity contribution in [1.29, 1.82) is 0 Å². The minimum Gasteiger partial charge on any atom is -0.512 e. The molecule has 4 rings (SSSR count). The Morgan fingerprint density at radius 2 is 1.48 bits per heavy atom. The van der Waals surface area contributed by atoms with Crippen LogP contribution in [0.4, 0.5) is 0 Å². The number of allylic oxidation sites excluding steroid dienone is 2. The summed E-state index contributed by atoms with van der Waals surface area (Å²) in [7, 11) is 0. The molecule has 1 N–H and O–H groups in total. The number of hydrogen-bond acceptors (Lipinski definition) is 3. The van der Waals surface area contributed by atoms with Crippen LogP contribution in [0.5, 0.6) is 0 Å². The number of rotatable bonds is 4. The molecule has 0 saturated heterocycles. The van der Waals surface area contributed by atoms with Gasteiger partial charge in [-0.15, -0.1) is 34.9 Å². The van der Waals surface area contributed by atoms with E-state index in [2.05, 4.69) is 88.4 Å². The second kappa shape index (κ2) is 13.2. The SMILES string of the molecule is CC(C)(C)C(=O)/C=C(\O)C(C)(C)C.CC(C)c1[c-]c(-c2nccc3c2ccc2ccccc23)cc(C(C)C)c1.[Ir]. The number of fused-ring (bicyclic) bond motifs is 3. The maximum absolute atomic E-state index is 11.5. The zero-order valence-electron chi connectivity index (χ0n) is 25.6. The third-order valence-electron chi connectivity index (χ3n) is 6.90. The van der Waals surface area contributed by atoms with E-state index in [0.29, 0.717) is 11.8 Å². The Bertz CT molecular complexity index is 1480. The summed E-state index contributed by atoms with van der Waals surface area (Å²) in [6, 6.07) is 23.2. The third-order valence-corrected chi connectivity index (χ3v) is 6.90. The molecule has 40 heavy (non-hydrogen) atoms. The van der Waals surface area contributed by atoms with E-state index in [4.69, 9.17) is 4.98 Å². The fraction of sp³-hybridized carbons (Fsp3) is 0.389. The number of aromatic nitrogens is 1. The molecule has 0 aliphatic heterocycles. The van der Waals surface area contributed by atoms with Crippen LogP contribution in [0.1, 0.15) is 92.2 Å². The van der Waals surface area contributed by atoms with Crippen LogP contribution in [0.15, 0.2) is 72.6 Å². The molecule has 0 bridgehead atoms. The topological polar surface area (TPSA) is 50.2 Å². The van der Waals surface area contributed by atoms with Gasteiger partial charge in [-0.25, -0.2) is 0 Å². The predicted molar refractivity (Wildman–Crippen MR) is 166 cm³/mol. The molecule has 1 aromatic heterocycles. The Morgan fingerprint density at radius 1 is 0.825 bits per heavy atom. The van der Waals surface area contributed by atoms with Crippen LogP contribution in [0.3, 0.4) is 0 Å². The van der Waals surface area contributed by atoms with Crippen LogP contribution in [0.25, 0.3) is 32.8 Å². The van der Waals surface area contributed by atoms with Crippen molar-refractivity contribution in [2.24, 2.45) is 10.8 Å². The molecule has 0 saturated carbocycles. The van der Waals surface area contributed by atoms with Crippen molar-refractivity contribution < 1.29 is 30.0 Å². The van der Waals surface area contributed by atoms with E-state index in [0.717, 1.165) is 11.3 Å². The second-order valence-electron chi connectivity index (χ2n) is 13.0. The molecule has 0 aliphatic rings. The molecule has 3 aromatic carbocycles. The van der Waals surface area contributed by atoms with E-state index < -0.39 is 5.41 Å². The summed E-state index contributed by atoms with van der Waals surface area (Å²) in [5.41, 5.74) is 3.96. The van der Waals surface area contributed by atoms with Gasteiger partial charge in [0, 0.05) is 43.2 Å². The van der Waals surface area contributed by atoms with Gasteiger partial charge in [-0.1, -0.05) is 106 Å². The molecule has 1 radical (unpaired) electrons. The predicted octanol–water partition coefficient (Wildman–Crippen LogP) is 10.2. The zero-order chi connectivity index (χ0) is 29.1. The second-order valence-corrected chi connectivity index (χ2v) is 13.0. The van der Waals surface area contributed by atoms with Crippen LogP contribution < -0.4 is 0 Å². The molecular formula is C36H44IrNO2-. The third kappa shape index (κ3) is 8.12. The molecule has 0 amide bonds. The van der Waals surface area contributed by atoms with Crippen LogP contribution in [0, 0.1) is 16.9 Å². The van der Waals surface area contributed by atoms with Gasteiger partial charge in [-0.2, -0.15) is 0 Å². The van der Waals surface area contributed by atoms with Crippen molar-refractivity contribution in [3.8, 4) is 11.3 Å². The fourth-order valence-electron chi connectivity index (χ4n) is 4.10. The first kappa shape index (κ1) is 33.4. The van der Waals surface area contributed by atoms with Gasteiger partial charge < -0.3 is 10.1 Å². The first-order valence-electron chi connectivity index (χ1n) is 13.9. The number of carbonyl (C=O) groups excluding carboxylic acids is 1. The summed E-state index contributed by atoms with van der Waals surface area (Å²) in [4.78, 5) is 16.2. The van der Waals surface area contributed by atoms with Gasteiger partial charge in [-0.05, 0) is 45.1 Å².